The highest BCUT2D eigenvalue weighted by Gasteiger charge is 2.34. The summed E-state index contributed by atoms with van der Waals surface area (Å²) in [7, 11) is 0. The number of piperazine rings is 1. The van der Waals surface area contributed by atoms with Gasteiger partial charge in [0.2, 0.25) is 5.91 Å². The van der Waals surface area contributed by atoms with Crippen LogP contribution in [-0.2, 0) is 19.1 Å². The summed E-state index contributed by atoms with van der Waals surface area (Å²) in [5.74, 6) is -1.23. The Morgan fingerprint density at radius 1 is 1.38 bits per heavy atom. The smallest absolute Gasteiger partial charge is 0.308 e. The highest BCUT2D eigenvalue weighted by molar-refractivity contribution is 9.10. The maximum Gasteiger partial charge on any atom is 0.308 e. The third-order valence-electron chi connectivity index (χ3n) is 4.74. The van der Waals surface area contributed by atoms with E-state index in [0.29, 0.717) is 29.7 Å². The Bertz CT molecular complexity index is 800. The van der Waals surface area contributed by atoms with Crippen LogP contribution in [-0.4, -0.2) is 66.2 Å². The number of carbonyl (C=O) groups excluding carboxylic acids is 3. The van der Waals surface area contributed by atoms with Gasteiger partial charge in [-0.25, -0.2) is 0 Å². The molecule has 2 N–H and O–H groups in total. The lowest BCUT2D eigenvalue weighted by molar-refractivity contribution is -0.150. The number of rotatable bonds is 5. The number of thiocarbonyl (C=S) groups is 1. The lowest BCUT2D eigenvalue weighted by Gasteiger charge is -2.36. The van der Waals surface area contributed by atoms with E-state index < -0.39 is 17.9 Å². The molecule has 0 saturated carbocycles. The molecule has 2 saturated heterocycles. The molecule has 0 unspecified atom stereocenters. The molecule has 1 aromatic carbocycles. The van der Waals surface area contributed by atoms with Crippen LogP contribution in [0.5, 0.6) is 0 Å². The average molecular weight is 484 g/mol. The fourth-order valence-electron chi connectivity index (χ4n) is 3.22. The monoisotopic (exact) mass is 483 g/mol. The summed E-state index contributed by atoms with van der Waals surface area (Å²) in [6, 6.07) is 6.10. The first-order valence-corrected chi connectivity index (χ1v) is 10.6. The molecule has 2 aliphatic rings. The average Bonchev–Trinajstić information content (AvgIpc) is 3.22. The first-order chi connectivity index (χ1) is 14.0. The number of nitrogens with zero attached hydrogens (tertiary/aromatic N) is 1. The summed E-state index contributed by atoms with van der Waals surface area (Å²) < 4.78 is 11.3. The molecule has 156 valence electrons. The number of hydrogen-bond donors (Lipinski definition) is 2. The van der Waals surface area contributed by atoms with Crippen molar-refractivity contribution in [3.63, 3.8) is 0 Å². The van der Waals surface area contributed by atoms with E-state index in [-0.39, 0.29) is 30.2 Å². The van der Waals surface area contributed by atoms with Crippen LogP contribution in [0.1, 0.15) is 29.6 Å². The summed E-state index contributed by atoms with van der Waals surface area (Å²) >= 11 is 8.68. The topological polar surface area (TPSA) is 97.0 Å². The van der Waals surface area contributed by atoms with E-state index in [4.69, 9.17) is 21.7 Å². The third-order valence-corrected chi connectivity index (χ3v) is 5.77. The molecule has 0 radical (unpaired) electrons. The Kier molecular flexibility index (Phi) is 7.57. The minimum atomic E-state index is -0.840. The number of halogens is 1. The van der Waals surface area contributed by atoms with Gasteiger partial charge in [-0.2, -0.15) is 0 Å². The zero-order valence-corrected chi connectivity index (χ0v) is 18.1. The zero-order chi connectivity index (χ0) is 20.8. The van der Waals surface area contributed by atoms with E-state index in [0.717, 1.165) is 12.8 Å². The van der Waals surface area contributed by atoms with Crippen LogP contribution in [0.15, 0.2) is 28.7 Å². The minimum absolute atomic E-state index is 0.0834. The molecule has 10 heteroatoms. The molecule has 0 aromatic heterocycles. The van der Waals surface area contributed by atoms with Crippen LogP contribution in [0.25, 0.3) is 0 Å². The normalized spacial score (nSPS) is 21.4. The SMILES string of the molecule is O=C(C[C@H]1C(=O)NCCN1C(=S)NC(=O)c1ccccc1Br)OC[C@@H]1CCCO1. The maximum atomic E-state index is 12.5. The van der Waals surface area contributed by atoms with Crippen LogP contribution >= 0.6 is 28.1 Å². The van der Waals surface area contributed by atoms with E-state index in [1.54, 1.807) is 29.2 Å². The predicted molar refractivity (Wildman–Crippen MR) is 112 cm³/mol. The standard InChI is InChI=1S/C19H22BrN3O5S/c20-14-6-2-1-5-13(14)17(25)22-19(29)23-8-7-21-18(26)15(23)10-16(24)28-11-12-4-3-9-27-12/h1-2,5-6,12,15H,3-4,7-11H2,(H,21,26)(H,22,25,29)/t12-,15-/m0/s1. The van der Waals surface area contributed by atoms with Crippen LogP contribution in [0.4, 0.5) is 0 Å². The zero-order valence-electron chi connectivity index (χ0n) is 15.7. The Morgan fingerprint density at radius 2 is 2.17 bits per heavy atom. The van der Waals surface area contributed by atoms with Gasteiger partial charge in [-0.3, -0.25) is 19.7 Å². The molecular weight excluding hydrogens is 462 g/mol. The molecule has 0 bridgehead atoms. The second kappa shape index (κ2) is 10.1. The van der Waals surface area contributed by atoms with Crippen LogP contribution < -0.4 is 10.6 Å². The van der Waals surface area contributed by atoms with Crippen molar-refractivity contribution in [2.24, 2.45) is 0 Å². The van der Waals surface area contributed by atoms with E-state index in [1.807, 2.05) is 0 Å². The van der Waals surface area contributed by atoms with Gasteiger partial charge in [0.25, 0.3) is 5.91 Å². The maximum absolute atomic E-state index is 12.5. The highest BCUT2D eigenvalue weighted by Crippen LogP contribution is 2.17. The predicted octanol–water partition coefficient (Wildman–Crippen LogP) is 1.38. The van der Waals surface area contributed by atoms with Crippen molar-refractivity contribution >= 4 is 51.0 Å². The highest BCUT2D eigenvalue weighted by atomic mass is 79.9. The summed E-state index contributed by atoms with van der Waals surface area (Å²) in [4.78, 5) is 38.7. The van der Waals surface area contributed by atoms with Gasteiger partial charge in [0.05, 0.1) is 18.1 Å². The Balaban J connectivity index is 1.60. The Labute approximate surface area is 182 Å². The first kappa shape index (κ1) is 21.7. The van der Waals surface area contributed by atoms with Crippen LogP contribution in [0.3, 0.4) is 0 Å². The summed E-state index contributed by atoms with van der Waals surface area (Å²) in [5, 5.41) is 5.46. The lowest BCUT2D eigenvalue weighted by atomic mass is 10.1. The van der Waals surface area contributed by atoms with Gasteiger partial charge in [-0.1, -0.05) is 12.1 Å². The molecule has 0 spiro atoms. The molecule has 8 nitrogen and oxygen atoms in total. The number of esters is 1. The fraction of sp³-hybridized carbons (Fsp3) is 0.474. The van der Waals surface area contributed by atoms with Gasteiger partial charge in [0.1, 0.15) is 12.6 Å². The van der Waals surface area contributed by atoms with Crippen molar-refractivity contribution in [1.82, 2.24) is 15.5 Å². The molecule has 29 heavy (non-hydrogen) atoms. The molecule has 2 aliphatic heterocycles. The molecule has 2 fully saturated rings. The second-order valence-corrected chi connectivity index (χ2v) is 8.00. The van der Waals surface area contributed by atoms with Crippen molar-refractivity contribution < 1.29 is 23.9 Å². The third kappa shape index (κ3) is 5.74. The largest absolute Gasteiger partial charge is 0.463 e. The Hall–Kier alpha value is -2.04. The number of benzene rings is 1. The molecule has 3 rings (SSSR count). The first-order valence-electron chi connectivity index (χ1n) is 9.37. The van der Waals surface area contributed by atoms with Crippen molar-refractivity contribution in [2.45, 2.75) is 31.4 Å². The van der Waals surface area contributed by atoms with E-state index in [2.05, 4.69) is 26.6 Å². The van der Waals surface area contributed by atoms with Crippen LogP contribution in [0, 0.1) is 0 Å². The molecule has 2 atom stereocenters. The van der Waals surface area contributed by atoms with Crippen molar-refractivity contribution in [3.8, 4) is 0 Å². The van der Waals surface area contributed by atoms with E-state index >= 15 is 0 Å². The van der Waals surface area contributed by atoms with Gasteiger partial charge in [0, 0.05) is 24.2 Å². The summed E-state index contributed by atoms with van der Waals surface area (Å²) in [6.45, 7) is 1.60. The van der Waals surface area contributed by atoms with Crippen molar-refractivity contribution in [2.75, 3.05) is 26.3 Å². The second-order valence-electron chi connectivity index (χ2n) is 6.76. The quantitative estimate of drug-likeness (QED) is 0.482. The molecular formula is C19H22BrN3O5S. The number of ether oxygens (including phenoxy) is 2. The molecule has 0 aliphatic carbocycles. The van der Waals surface area contributed by atoms with E-state index in [1.165, 1.54) is 0 Å². The number of carbonyl (C=O) groups is 3. The number of hydrogen-bond acceptors (Lipinski definition) is 6. The van der Waals surface area contributed by atoms with Crippen molar-refractivity contribution in [1.29, 1.82) is 0 Å². The Morgan fingerprint density at radius 3 is 2.90 bits per heavy atom. The minimum Gasteiger partial charge on any atom is -0.463 e. The van der Waals surface area contributed by atoms with Gasteiger partial charge in [0.15, 0.2) is 5.11 Å². The number of amides is 2. The summed E-state index contributed by atoms with van der Waals surface area (Å²) in [5.41, 5.74) is 0.420. The fourth-order valence-corrected chi connectivity index (χ4v) is 4.00. The van der Waals surface area contributed by atoms with Gasteiger partial charge < -0.3 is 19.7 Å². The van der Waals surface area contributed by atoms with Crippen LogP contribution in [0.2, 0.25) is 0 Å². The molecule has 1 aromatic rings. The van der Waals surface area contributed by atoms with Gasteiger partial charge in [-0.05, 0) is 53.1 Å². The van der Waals surface area contributed by atoms with Crippen molar-refractivity contribution in [3.05, 3.63) is 34.3 Å². The van der Waals surface area contributed by atoms with E-state index in [9.17, 15) is 14.4 Å². The summed E-state index contributed by atoms with van der Waals surface area (Å²) in [6.07, 6.45) is 1.56. The number of nitrogens with one attached hydrogen (secondary N) is 2. The molecule has 2 heterocycles. The van der Waals surface area contributed by atoms with Gasteiger partial charge >= 0.3 is 5.97 Å². The lowest BCUT2D eigenvalue weighted by Crippen LogP contribution is -2.60. The van der Waals surface area contributed by atoms with Gasteiger partial charge in [-0.15, -0.1) is 0 Å². The molecule has 2 amide bonds.